The van der Waals surface area contributed by atoms with E-state index in [2.05, 4.69) is 16.0 Å². The number of nitrogens with one attached hydrogen (secondary N) is 3. The Morgan fingerprint density at radius 2 is 1.52 bits per heavy atom. The lowest BCUT2D eigenvalue weighted by atomic mass is 10.1. The molecule has 0 fully saturated rings. The first-order valence-corrected chi connectivity index (χ1v) is 20.5. The summed E-state index contributed by atoms with van der Waals surface area (Å²) in [6.07, 6.45) is 4.76. The molecule has 5 rings (SSSR count). The van der Waals surface area contributed by atoms with Crippen molar-refractivity contribution in [3.63, 3.8) is 0 Å². The molecule has 17 nitrogen and oxygen atoms in total. The Morgan fingerprint density at radius 3 is 2.18 bits per heavy atom. The highest BCUT2D eigenvalue weighted by Gasteiger charge is 2.26. The molecule has 4 amide bonds. The average molecular weight is 827 g/mol. The van der Waals surface area contributed by atoms with Crippen molar-refractivity contribution < 1.29 is 34.2 Å². The van der Waals surface area contributed by atoms with Gasteiger partial charge < -0.3 is 30.7 Å². The van der Waals surface area contributed by atoms with E-state index in [1.54, 1.807) is 24.3 Å². The molecular formula is C43H54N8O9. The van der Waals surface area contributed by atoms with Gasteiger partial charge in [0.1, 0.15) is 11.9 Å². The van der Waals surface area contributed by atoms with E-state index in [0.29, 0.717) is 87.3 Å². The van der Waals surface area contributed by atoms with Crippen molar-refractivity contribution in [1.82, 2.24) is 34.2 Å². The van der Waals surface area contributed by atoms with Gasteiger partial charge in [0, 0.05) is 69.9 Å². The molecule has 2 atom stereocenters. The molecule has 0 saturated carbocycles. The molecule has 0 radical (unpaired) electrons. The number of hydrogen-bond acceptors (Lipinski definition) is 10. The zero-order valence-electron chi connectivity index (χ0n) is 34.1. The molecular weight excluding hydrogens is 773 g/mol. The predicted octanol–water partition coefficient (Wildman–Crippen LogP) is 2.35. The smallest absolute Gasteiger partial charge is 0.332 e. The summed E-state index contributed by atoms with van der Waals surface area (Å²) in [6, 6.07) is 15.2. The van der Waals surface area contributed by atoms with Gasteiger partial charge in [-0.15, -0.1) is 0 Å². The minimum atomic E-state index is -1.33. The summed E-state index contributed by atoms with van der Waals surface area (Å²) < 4.78 is 4.66. The number of aliphatic carboxylic acids is 1. The lowest BCUT2D eigenvalue weighted by Crippen LogP contribution is -2.45. The Hall–Kier alpha value is -6.20. The second-order valence-electron chi connectivity index (χ2n) is 14.8. The van der Waals surface area contributed by atoms with Gasteiger partial charge in [0.15, 0.2) is 11.2 Å². The van der Waals surface area contributed by atoms with E-state index in [4.69, 9.17) is 4.98 Å². The molecule has 3 heterocycles. The van der Waals surface area contributed by atoms with Crippen molar-refractivity contribution in [3.8, 4) is 0 Å². The van der Waals surface area contributed by atoms with Crippen LogP contribution in [-0.2, 0) is 56.4 Å². The molecule has 2 aromatic heterocycles. The molecule has 0 saturated heterocycles. The molecule has 4 aromatic rings. The Labute approximate surface area is 347 Å². The number of nitrogens with zero attached hydrogens (tertiary/aromatic N) is 5. The number of aliphatic hydroxyl groups excluding tert-OH is 1. The topological polar surface area (TPSA) is 227 Å². The molecule has 60 heavy (non-hydrogen) atoms. The molecule has 0 spiro atoms. The number of carbonyl (C=O) groups is 5. The maximum absolute atomic E-state index is 14.0. The van der Waals surface area contributed by atoms with Crippen molar-refractivity contribution in [2.45, 2.75) is 103 Å². The summed E-state index contributed by atoms with van der Waals surface area (Å²) in [5, 5.41) is 27.9. The quantitative estimate of drug-likeness (QED) is 0.0509. The lowest BCUT2D eigenvalue weighted by molar-refractivity contribution is -0.140. The van der Waals surface area contributed by atoms with Gasteiger partial charge in [-0.1, -0.05) is 62.7 Å². The van der Waals surface area contributed by atoms with Crippen LogP contribution >= 0.6 is 0 Å². The van der Waals surface area contributed by atoms with Gasteiger partial charge in [-0.05, 0) is 55.4 Å². The first-order valence-electron chi connectivity index (χ1n) is 20.5. The number of amides is 4. The SMILES string of the molecule is CCCn1c(=O)c2c(nc(Cc3ccccc3)n2CCNCC(O)CC)n(CCc2ccc(NC(=O)C(CC(=O)O)NC(=O)CCCCCN3C(=O)C=CC3=O)cc2)c1=O. The molecule has 17 heteroatoms. The van der Waals surface area contributed by atoms with E-state index in [1.807, 2.05) is 48.7 Å². The van der Waals surface area contributed by atoms with E-state index in [1.165, 1.54) is 21.3 Å². The Kier molecular flexibility index (Phi) is 16.2. The highest BCUT2D eigenvalue weighted by molar-refractivity contribution is 6.12. The number of carboxylic acid groups (broad SMARTS) is 1. The predicted molar refractivity (Wildman–Crippen MR) is 224 cm³/mol. The third-order valence-corrected chi connectivity index (χ3v) is 10.3. The van der Waals surface area contributed by atoms with Crippen LogP contribution in [0.25, 0.3) is 11.2 Å². The summed E-state index contributed by atoms with van der Waals surface area (Å²) in [5.41, 5.74) is 1.93. The first kappa shape index (κ1) is 44.9. The molecule has 2 unspecified atom stereocenters. The Bertz CT molecular complexity index is 2280. The monoisotopic (exact) mass is 826 g/mol. The number of anilines is 1. The van der Waals surface area contributed by atoms with Crippen LogP contribution in [-0.4, -0.2) is 95.2 Å². The van der Waals surface area contributed by atoms with E-state index in [0.717, 1.165) is 16.0 Å². The second-order valence-corrected chi connectivity index (χ2v) is 14.8. The van der Waals surface area contributed by atoms with Crippen LogP contribution in [0.3, 0.4) is 0 Å². The van der Waals surface area contributed by atoms with E-state index in [9.17, 15) is 43.8 Å². The van der Waals surface area contributed by atoms with Crippen LogP contribution in [0.5, 0.6) is 0 Å². The van der Waals surface area contributed by atoms with Crippen LogP contribution in [0.2, 0.25) is 0 Å². The molecule has 5 N–H and O–H groups in total. The summed E-state index contributed by atoms with van der Waals surface area (Å²) in [6.45, 7) is 5.73. The summed E-state index contributed by atoms with van der Waals surface area (Å²) >= 11 is 0. The van der Waals surface area contributed by atoms with Crippen molar-refractivity contribution in [2.24, 2.45) is 0 Å². The van der Waals surface area contributed by atoms with Gasteiger partial charge in [-0.2, -0.15) is 0 Å². The number of aryl methyl sites for hydroxylation is 2. The number of carboxylic acids is 1. The molecule has 1 aliphatic heterocycles. The van der Waals surface area contributed by atoms with Gasteiger partial charge in [0.05, 0.1) is 12.5 Å². The van der Waals surface area contributed by atoms with Crippen LogP contribution in [0.1, 0.15) is 75.7 Å². The van der Waals surface area contributed by atoms with Crippen LogP contribution in [0.15, 0.2) is 76.3 Å². The summed E-state index contributed by atoms with van der Waals surface area (Å²) in [5.74, 6) is -2.59. The number of fused-ring (bicyclic) bond motifs is 1. The normalized spacial score (nSPS) is 13.6. The number of unbranched alkanes of at least 4 members (excludes halogenated alkanes) is 2. The minimum Gasteiger partial charge on any atom is -0.481 e. The molecule has 320 valence electrons. The molecule has 0 aliphatic carbocycles. The van der Waals surface area contributed by atoms with Crippen molar-refractivity contribution >= 4 is 46.4 Å². The van der Waals surface area contributed by atoms with Crippen LogP contribution in [0, 0.1) is 0 Å². The van der Waals surface area contributed by atoms with Gasteiger partial charge in [0.2, 0.25) is 11.8 Å². The minimum absolute atomic E-state index is 0.0272. The van der Waals surface area contributed by atoms with E-state index < -0.39 is 47.6 Å². The van der Waals surface area contributed by atoms with Crippen molar-refractivity contribution in [2.75, 3.05) is 25.0 Å². The number of hydrogen-bond donors (Lipinski definition) is 5. The highest BCUT2D eigenvalue weighted by Crippen LogP contribution is 2.18. The zero-order valence-corrected chi connectivity index (χ0v) is 34.1. The third-order valence-electron chi connectivity index (χ3n) is 10.3. The van der Waals surface area contributed by atoms with Gasteiger partial charge in [0.25, 0.3) is 17.4 Å². The molecule has 1 aliphatic rings. The fourth-order valence-electron chi connectivity index (χ4n) is 6.98. The fraction of sp³-hybridized carbons (Fsp3) is 0.442. The maximum Gasteiger partial charge on any atom is 0.332 e. The van der Waals surface area contributed by atoms with Crippen molar-refractivity contribution in [1.29, 1.82) is 0 Å². The second kappa shape index (κ2) is 21.7. The third kappa shape index (κ3) is 11.9. The number of benzene rings is 2. The molecule has 2 aromatic carbocycles. The maximum atomic E-state index is 14.0. The lowest BCUT2D eigenvalue weighted by Gasteiger charge is -2.17. The first-order chi connectivity index (χ1) is 28.9. The van der Waals surface area contributed by atoms with E-state index >= 15 is 0 Å². The van der Waals surface area contributed by atoms with Crippen molar-refractivity contribution in [3.05, 3.63) is 105 Å². The standard InChI is InChI=1S/C43H54N8O9/c1-3-22-51-42(59)39-40(47-34(26-30-11-7-5-8-12-30)48(39)25-21-44-28-32(52)4-2)50(43(51)60)24-20-29-14-16-31(17-15-29)45-41(58)33(27-38(56)57)46-35(53)13-9-6-10-23-49-36(54)18-19-37(49)55/h5,7-8,11-12,14-19,32-33,44,52H,3-4,6,9-10,13,20-28H2,1-2H3,(H,45,58)(H,46,53)(H,56,57). The largest absolute Gasteiger partial charge is 0.481 e. The number of aromatic nitrogens is 4. The van der Waals surface area contributed by atoms with Gasteiger partial charge in [-0.25, -0.2) is 9.78 Å². The van der Waals surface area contributed by atoms with E-state index in [-0.39, 0.29) is 37.9 Å². The number of rotatable bonds is 24. The number of imide groups is 1. The number of carbonyl (C=O) groups excluding carboxylic acids is 4. The Balaban J connectivity index is 1.26. The average Bonchev–Trinajstić information content (AvgIpc) is 3.75. The van der Waals surface area contributed by atoms with Gasteiger partial charge in [-0.3, -0.25) is 42.8 Å². The highest BCUT2D eigenvalue weighted by atomic mass is 16.4. The summed E-state index contributed by atoms with van der Waals surface area (Å²) in [7, 11) is 0. The van der Waals surface area contributed by atoms with Gasteiger partial charge >= 0.3 is 11.7 Å². The Morgan fingerprint density at radius 1 is 0.800 bits per heavy atom. The zero-order chi connectivity index (χ0) is 43.2. The fourth-order valence-corrected chi connectivity index (χ4v) is 6.98. The summed E-state index contributed by atoms with van der Waals surface area (Å²) in [4.78, 5) is 94.7. The van der Waals surface area contributed by atoms with Crippen LogP contribution < -0.4 is 27.2 Å². The van der Waals surface area contributed by atoms with Crippen LogP contribution in [0.4, 0.5) is 5.69 Å². The number of aliphatic hydroxyl groups is 1. The number of imidazole rings is 1. The molecule has 0 bridgehead atoms.